The fourth-order valence-electron chi connectivity index (χ4n) is 7.44. The Labute approximate surface area is 271 Å². The lowest BCUT2D eigenvalue weighted by molar-refractivity contribution is 1.18. The summed E-state index contributed by atoms with van der Waals surface area (Å²) in [5.41, 5.74) is 11.2. The van der Waals surface area contributed by atoms with Crippen LogP contribution < -0.4 is 0 Å². The van der Waals surface area contributed by atoms with Crippen LogP contribution in [-0.2, 0) is 0 Å². The Morgan fingerprint density at radius 2 is 1.07 bits per heavy atom. The molecular formula is C44H27NS. The van der Waals surface area contributed by atoms with Gasteiger partial charge in [0.25, 0.3) is 0 Å². The topological polar surface area (TPSA) is 4.93 Å². The lowest BCUT2D eigenvalue weighted by atomic mass is 9.93. The van der Waals surface area contributed by atoms with E-state index in [2.05, 4.69) is 168 Å². The first-order chi connectivity index (χ1) is 22.8. The Kier molecular flexibility index (Phi) is 5.58. The molecule has 2 heterocycles. The van der Waals surface area contributed by atoms with Gasteiger partial charge in [0.05, 0.1) is 11.0 Å². The molecular weight excluding hydrogens is 575 g/mol. The number of hydrogen-bond donors (Lipinski definition) is 0. The molecule has 214 valence electrons. The number of hydrogen-bond acceptors (Lipinski definition) is 1. The first-order valence-electron chi connectivity index (χ1n) is 15.8. The molecule has 2 heteroatoms. The van der Waals surface area contributed by atoms with E-state index in [1.165, 1.54) is 92.2 Å². The monoisotopic (exact) mass is 601 g/mol. The third kappa shape index (κ3) is 3.84. The van der Waals surface area contributed by atoms with Crippen LogP contribution in [0.4, 0.5) is 0 Å². The van der Waals surface area contributed by atoms with Gasteiger partial charge in [-0.2, -0.15) is 0 Å². The number of benzene rings is 8. The summed E-state index contributed by atoms with van der Waals surface area (Å²) in [5, 5.41) is 7.84. The van der Waals surface area contributed by atoms with Crippen LogP contribution in [0.15, 0.2) is 174 Å². The van der Waals surface area contributed by atoms with Gasteiger partial charge in [-0.15, -0.1) is 0 Å². The second kappa shape index (κ2) is 9.97. The van der Waals surface area contributed by atoms with Crippen molar-refractivity contribution in [3.05, 3.63) is 164 Å². The van der Waals surface area contributed by atoms with E-state index in [1.807, 2.05) is 11.8 Å². The van der Waals surface area contributed by atoms with Crippen LogP contribution in [0.1, 0.15) is 0 Å². The van der Waals surface area contributed by atoms with Gasteiger partial charge >= 0.3 is 0 Å². The van der Waals surface area contributed by atoms with Crippen LogP contribution in [-0.4, -0.2) is 4.57 Å². The van der Waals surface area contributed by atoms with Gasteiger partial charge in [0.2, 0.25) is 0 Å². The molecule has 1 aliphatic rings. The van der Waals surface area contributed by atoms with E-state index in [-0.39, 0.29) is 0 Å². The molecule has 0 aliphatic carbocycles. The molecule has 8 aromatic carbocycles. The highest BCUT2D eigenvalue weighted by Gasteiger charge is 2.20. The summed E-state index contributed by atoms with van der Waals surface area (Å²) in [6.07, 6.45) is 0. The minimum atomic E-state index is 1.17. The summed E-state index contributed by atoms with van der Waals surface area (Å²) in [5.74, 6) is 0. The molecule has 10 rings (SSSR count). The number of rotatable bonds is 3. The maximum atomic E-state index is 2.40. The van der Waals surface area contributed by atoms with Gasteiger partial charge in [0, 0.05) is 31.6 Å². The zero-order valence-corrected chi connectivity index (χ0v) is 25.8. The van der Waals surface area contributed by atoms with E-state index in [1.54, 1.807) is 0 Å². The van der Waals surface area contributed by atoms with Crippen molar-refractivity contribution in [3.8, 4) is 39.1 Å². The van der Waals surface area contributed by atoms with E-state index in [9.17, 15) is 0 Å². The summed E-state index contributed by atoms with van der Waals surface area (Å²) < 4.78 is 2.40. The van der Waals surface area contributed by atoms with E-state index in [0.29, 0.717) is 0 Å². The fourth-order valence-corrected chi connectivity index (χ4v) is 8.57. The standard InChI is InChI=1S/C44H27NS/c1-2-13-35-29(8-1)20-24-40-44(35)37-14-3-4-16-39(37)45(40)34-22-18-28(19-23-34)31-11-5-12-32(26-31)33-21-25-41-38(27-33)36-15-6-9-30-10-7-17-42(46-41)43(30)36/h1-27H. The first kappa shape index (κ1) is 25.7. The molecule has 9 aromatic rings. The van der Waals surface area contributed by atoms with Crippen LogP contribution >= 0.6 is 11.8 Å². The fraction of sp³-hybridized carbons (Fsp3) is 0. The number of nitrogens with zero attached hydrogens (tertiary/aromatic N) is 1. The molecule has 0 radical (unpaired) electrons. The van der Waals surface area contributed by atoms with Crippen molar-refractivity contribution in [2.24, 2.45) is 0 Å². The SMILES string of the molecule is c1cc(-c2ccc(-n3c4ccccc4c4c5ccccc5ccc43)cc2)cc(-c2ccc3c(c2)-c2cccc4cccc(c24)S3)c1. The quantitative estimate of drug-likeness (QED) is 0.195. The molecule has 0 unspecified atom stereocenters. The van der Waals surface area contributed by atoms with Crippen LogP contribution in [0.2, 0.25) is 0 Å². The molecule has 0 atom stereocenters. The Balaban J connectivity index is 1.05. The van der Waals surface area contributed by atoms with Crippen LogP contribution in [0.5, 0.6) is 0 Å². The van der Waals surface area contributed by atoms with Crippen molar-refractivity contribution in [3.63, 3.8) is 0 Å². The summed E-state index contributed by atoms with van der Waals surface area (Å²) in [4.78, 5) is 2.66. The maximum Gasteiger partial charge on any atom is 0.0547 e. The molecule has 0 saturated heterocycles. The average molecular weight is 602 g/mol. The molecule has 0 amide bonds. The third-order valence-electron chi connectivity index (χ3n) is 9.57. The number of para-hydroxylation sites is 1. The molecule has 0 saturated carbocycles. The van der Waals surface area contributed by atoms with E-state index < -0.39 is 0 Å². The molecule has 0 fully saturated rings. The highest BCUT2D eigenvalue weighted by Crippen LogP contribution is 2.49. The zero-order valence-electron chi connectivity index (χ0n) is 24.9. The lowest BCUT2D eigenvalue weighted by Crippen LogP contribution is -1.94. The summed E-state index contributed by atoms with van der Waals surface area (Å²) in [6.45, 7) is 0. The Bertz CT molecular complexity index is 2660. The second-order valence-electron chi connectivity index (χ2n) is 12.1. The largest absolute Gasteiger partial charge is 0.309 e. The normalized spacial score (nSPS) is 12.3. The van der Waals surface area contributed by atoms with Gasteiger partial charge in [-0.25, -0.2) is 0 Å². The predicted octanol–water partition coefficient (Wildman–Crippen LogP) is 12.6. The van der Waals surface area contributed by atoms with E-state index in [0.717, 1.165) is 0 Å². The average Bonchev–Trinajstić information content (AvgIpc) is 3.47. The minimum absolute atomic E-state index is 1.17. The first-order valence-corrected chi connectivity index (χ1v) is 16.6. The molecule has 0 bridgehead atoms. The van der Waals surface area contributed by atoms with Crippen LogP contribution in [0, 0.1) is 0 Å². The van der Waals surface area contributed by atoms with Gasteiger partial charge in [0.1, 0.15) is 0 Å². The van der Waals surface area contributed by atoms with Crippen molar-refractivity contribution in [1.29, 1.82) is 0 Å². The second-order valence-corrected chi connectivity index (χ2v) is 13.2. The molecule has 1 aromatic heterocycles. The zero-order chi connectivity index (χ0) is 30.2. The Morgan fingerprint density at radius 3 is 1.96 bits per heavy atom. The minimum Gasteiger partial charge on any atom is -0.309 e. The van der Waals surface area contributed by atoms with Crippen LogP contribution in [0.25, 0.3) is 82.4 Å². The van der Waals surface area contributed by atoms with E-state index in [4.69, 9.17) is 0 Å². The highest BCUT2D eigenvalue weighted by atomic mass is 32.2. The van der Waals surface area contributed by atoms with Gasteiger partial charge in [-0.05, 0) is 98.1 Å². The summed E-state index contributed by atoms with van der Waals surface area (Å²) in [7, 11) is 0. The summed E-state index contributed by atoms with van der Waals surface area (Å²) >= 11 is 1.88. The van der Waals surface area contributed by atoms with Crippen molar-refractivity contribution in [2.45, 2.75) is 9.79 Å². The van der Waals surface area contributed by atoms with Crippen molar-refractivity contribution in [2.75, 3.05) is 0 Å². The van der Waals surface area contributed by atoms with Crippen molar-refractivity contribution < 1.29 is 0 Å². The molecule has 1 nitrogen and oxygen atoms in total. The Hall–Kier alpha value is -5.57. The van der Waals surface area contributed by atoms with Gasteiger partial charge in [0.15, 0.2) is 0 Å². The Morgan fingerprint density at radius 1 is 0.370 bits per heavy atom. The van der Waals surface area contributed by atoms with Crippen LogP contribution in [0.3, 0.4) is 0 Å². The maximum absolute atomic E-state index is 2.40. The smallest absolute Gasteiger partial charge is 0.0547 e. The number of fused-ring (bicyclic) bond motifs is 7. The highest BCUT2D eigenvalue weighted by molar-refractivity contribution is 7.99. The number of aromatic nitrogens is 1. The molecule has 0 spiro atoms. The van der Waals surface area contributed by atoms with Gasteiger partial charge in [-0.3, -0.25) is 0 Å². The third-order valence-corrected chi connectivity index (χ3v) is 10.7. The van der Waals surface area contributed by atoms with Crippen molar-refractivity contribution >= 4 is 55.1 Å². The summed E-state index contributed by atoms with van der Waals surface area (Å²) in [6, 6.07) is 60.2. The predicted molar refractivity (Wildman–Crippen MR) is 196 cm³/mol. The van der Waals surface area contributed by atoms with Gasteiger partial charge < -0.3 is 4.57 Å². The lowest BCUT2D eigenvalue weighted by Gasteiger charge is -2.21. The molecule has 1 aliphatic heterocycles. The molecule has 0 N–H and O–H groups in total. The van der Waals surface area contributed by atoms with Crippen molar-refractivity contribution in [1.82, 2.24) is 4.57 Å². The molecule has 46 heavy (non-hydrogen) atoms. The van der Waals surface area contributed by atoms with Gasteiger partial charge in [-0.1, -0.05) is 127 Å². The van der Waals surface area contributed by atoms with E-state index >= 15 is 0 Å².